The summed E-state index contributed by atoms with van der Waals surface area (Å²) in [7, 11) is -2.65. The largest absolute Gasteiger partial charge is 0.497 e. The molecule has 0 heterocycles. The normalized spacial score (nSPS) is 11.9. The molecule has 3 aromatic carbocycles. The summed E-state index contributed by atoms with van der Waals surface area (Å²) in [6, 6.07) is 20.6. The number of hydrogen-bond acceptors (Lipinski definition) is 5. The number of nitrogens with zero attached hydrogens (tertiary/aromatic N) is 2. The lowest BCUT2D eigenvalue weighted by Crippen LogP contribution is -2.52. The van der Waals surface area contributed by atoms with Gasteiger partial charge in [-0.05, 0) is 66.9 Å². The Morgan fingerprint density at radius 2 is 1.59 bits per heavy atom. The Morgan fingerprint density at radius 3 is 2.15 bits per heavy atom. The van der Waals surface area contributed by atoms with E-state index in [0.717, 1.165) is 16.3 Å². The minimum atomic E-state index is -4.14. The van der Waals surface area contributed by atoms with Crippen LogP contribution in [0.5, 0.6) is 5.75 Å². The molecule has 0 radical (unpaired) electrons. The van der Waals surface area contributed by atoms with E-state index >= 15 is 0 Å². The van der Waals surface area contributed by atoms with Crippen molar-refractivity contribution in [3.63, 3.8) is 0 Å². The molecule has 0 saturated carbocycles. The lowest BCUT2D eigenvalue weighted by Gasteiger charge is -2.33. The van der Waals surface area contributed by atoms with Gasteiger partial charge < -0.3 is 15.0 Å². The number of hydrogen-bond donors (Lipinski definition) is 1. The maximum Gasteiger partial charge on any atom is 0.264 e. The molecule has 0 aliphatic carbocycles. The quantitative estimate of drug-likeness (QED) is 0.315. The summed E-state index contributed by atoms with van der Waals surface area (Å²) >= 11 is 6.05. The predicted octanol–water partition coefficient (Wildman–Crippen LogP) is 4.88. The summed E-state index contributed by atoms with van der Waals surface area (Å²) in [5, 5.41) is 3.41. The summed E-state index contributed by atoms with van der Waals surface area (Å²) in [5.41, 5.74) is 1.09. The van der Waals surface area contributed by atoms with Gasteiger partial charge in [0.2, 0.25) is 11.8 Å². The first-order valence-corrected chi connectivity index (χ1v) is 14.6. The predicted molar refractivity (Wildman–Crippen MR) is 153 cm³/mol. The van der Waals surface area contributed by atoms with Crippen LogP contribution in [-0.2, 0) is 26.2 Å². The molecule has 0 aliphatic rings. The van der Waals surface area contributed by atoms with Gasteiger partial charge in [-0.15, -0.1) is 0 Å². The average molecular weight is 572 g/mol. The molecule has 0 saturated heterocycles. The highest BCUT2D eigenvalue weighted by Crippen LogP contribution is 2.26. The standard InChI is InChI=1S/C29H34ClN3O5S/c1-4-19-31-29(35)27(5-2)32(20-22-11-13-23(30)14-12-22)28(34)21-33(24-9-7-6-8-10-24)39(36,37)26-17-15-25(38-3)16-18-26/h6-18,27H,4-5,19-21H2,1-3H3,(H,31,35)/t27-/m1/s1. The summed E-state index contributed by atoms with van der Waals surface area (Å²) in [4.78, 5) is 28.5. The second-order valence-electron chi connectivity index (χ2n) is 8.89. The molecular weight excluding hydrogens is 538 g/mol. The number of sulfonamides is 1. The molecule has 0 aliphatic heterocycles. The van der Waals surface area contributed by atoms with Crippen LogP contribution >= 0.6 is 11.6 Å². The molecule has 1 N–H and O–H groups in total. The number of halogens is 1. The third-order valence-electron chi connectivity index (χ3n) is 6.17. The van der Waals surface area contributed by atoms with Gasteiger partial charge in [0.25, 0.3) is 10.0 Å². The highest BCUT2D eigenvalue weighted by atomic mass is 35.5. The van der Waals surface area contributed by atoms with E-state index in [1.54, 1.807) is 66.7 Å². The van der Waals surface area contributed by atoms with E-state index in [2.05, 4.69) is 5.32 Å². The van der Waals surface area contributed by atoms with E-state index < -0.39 is 28.5 Å². The first kappa shape index (κ1) is 30.0. The van der Waals surface area contributed by atoms with Crippen LogP contribution < -0.4 is 14.4 Å². The van der Waals surface area contributed by atoms with Crippen molar-refractivity contribution in [2.75, 3.05) is 24.5 Å². The molecule has 8 nitrogen and oxygen atoms in total. The molecule has 1 atom stereocenters. The van der Waals surface area contributed by atoms with Crippen LogP contribution in [0.2, 0.25) is 5.02 Å². The number of methoxy groups -OCH3 is 1. The Balaban J connectivity index is 2.01. The second kappa shape index (κ2) is 14.0. The lowest BCUT2D eigenvalue weighted by molar-refractivity contribution is -0.140. The minimum Gasteiger partial charge on any atom is -0.497 e. The second-order valence-corrected chi connectivity index (χ2v) is 11.2. The Labute approximate surface area is 235 Å². The fourth-order valence-corrected chi connectivity index (χ4v) is 5.61. The molecule has 39 heavy (non-hydrogen) atoms. The Kier molecular flexibility index (Phi) is 10.8. The zero-order chi connectivity index (χ0) is 28.4. The summed E-state index contributed by atoms with van der Waals surface area (Å²) in [5.74, 6) is -0.287. The zero-order valence-corrected chi connectivity index (χ0v) is 23.9. The van der Waals surface area contributed by atoms with Crippen molar-refractivity contribution < 1.29 is 22.7 Å². The average Bonchev–Trinajstić information content (AvgIpc) is 2.95. The molecule has 3 rings (SSSR count). The Hall–Kier alpha value is -3.56. The number of nitrogens with one attached hydrogen (secondary N) is 1. The fraction of sp³-hybridized carbons (Fsp3) is 0.310. The molecule has 10 heteroatoms. The SMILES string of the molecule is CCCNC(=O)[C@@H](CC)N(Cc1ccc(Cl)cc1)C(=O)CN(c1ccccc1)S(=O)(=O)c1ccc(OC)cc1. The van der Waals surface area contributed by atoms with Gasteiger partial charge in [-0.1, -0.05) is 55.8 Å². The topological polar surface area (TPSA) is 96.0 Å². The van der Waals surface area contributed by atoms with Gasteiger partial charge in [-0.3, -0.25) is 13.9 Å². The van der Waals surface area contributed by atoms with E-state index in [-0.39, 0.29) is 17.3 Å². The van der Waals surface area contributed by atoms with Gasteiger partial charge >= 0.3 is 0 Å². The van der Waals surface area contributed by atoms with Crippen LogP contribution in [0, 0.1) is 0 Å². The number of benzene rings is 3. The van der Waals surface area contributed by atoms with E-state index in [1.165, 1.54) is 24.1 Å². The van der Waals surface area contributed by atoms with Crippen LogP contribution in [0.25, 0.3) is 0 Å². The van der Waals surface area contributed by atoms with Crippen LogP contribution in [0.3, 0.4) is 0 Å². The molecule has 0 aromatic heterocycles. The minimum absolute atomic E-state index is 0.0111. The van der Waals surface area contributed by atoms with Crippen molar-refractivity contribution in [2.45, 2.75) is 44.2 Å². The molecule has 2 amide bonds. The number of rotatable bonds is 13. The van der Waals surface area contributed by atoms with Crippen molar-refractivity contribution in [3.8, 4) is 5.75 Å². The van der Waals surface area contributed by atoms with E-state index in [4.69, 9.17) is 16.3 Å². The smallest absolute Gasteiger partial charge is 0.264 e. The molecule has 0 fully saturated rings. The molecule has 0 spiro atoms. The monoisotopic (exact) mass is 571 g/mol. The molecular formula is C29H34ClN3O5S. The van der Waals surface area contributed by atoms with Gasteiger partial charge in [-0.2, -0.15) is 0 Å². The van der Waals surface area contributed by atoms with Gasteiger partial charge in [0.1, 0.15) is 18.3 Å². The molecule has 208 valence electrons. The van der Waals surface area contributed by atoms with Crippen molar-refractivity contribution in [3.05, 3.63) is 89.4 Å². The molecule has 0 unspecified atom stereocenters. The van der Waals surface area contributed by atoms with Crippen molar-refractivity contribution in [2.24, 2.45) is 0 Å². The fourth-order valence-electron chi connectivity index (χ4n) is 4.07. The van der Waals surface area contributed by atoms with E-state index in [0.29, 0.717) is 29.4 Å². The summed E-state index contributed by atoms with van der Waals surface area (Å²) < 4.78 is 33.9. The number of carbonyl (C=O) groups is 2. The Morgan fingerprint density at radius 1 is 0.949 bits per heavy atom. The Bertz CT molecular complexity index is 1330. The van der Waals surface area contributed by atoms with Crippen LogP contribution in [0.15, 0.2) is 83.8 Å². The van der Waals surface area contributed by atoms with Gasteiger partial charge in [0, 0.05) is 18.1 Å². The number of anilines is 1. The van der Waals surface area contributed by atoms with E-state index in [1.807, 2.05) is 13.8 Å². The number of para-hydroxylation sites is 1. The lowest BCUT2D eigenvalue weighted by atomic mass is 10.1. The summed E-state index contributed by atoms with van der Waals surface area (Å²) in [6.45, 7) is 3.85. The maximum atomic E-state index is 13.9. The number of amides is 2. The zero-order valence-electron chi connectivity index (χ0n) is 22.3. The van der Waals surface area contributed by atoms with Crippen LogP contribution in [0.1, 0.15) is 32.3 Å². The van der Waals surface area contributed by atoms with Gasteiger partial charge in [0.15, 0.2) is 0 Å². The number of ether oxygens (including phenoxy) is 1. The third-order valence-corrected chi connectivity index (χ3v) is 8.21. The summed E-state index contributed by atoms with van der Waals surface area (Å²) in [6.07, 6.45) is 1.10. The van der Waals surface area contributed by atoms with Crippen molar-refractivity contribution in [1.29, 1.82) is 0 Å². The van der Waals surface area contributed by atoms with Crippen molar-refractivity contribution in [1.82, 2.24) is 10.2 Å². The van der Waals surface area contributed by atoms with Gasteiger partial charge in [0.05, 0.1) is 17.7 Å². The first-order valence-electron chi connectivity index (χ1n) is 12.7. The highest BCUT2D eigenvalue weighted by molar-refractivity contribution is 7.92. The highest BCUT2D eigenvalue weighted by Gasteiger charge is 2.33. The van der Waals surface area contributed by atoms with Crippen LogP contribution in [0.4, 0.5) is 5.69 Å². The van der Waals surface area contributed by atoms with E-state index in [9.17, 15) is 18.0 Å². The first-order chi connectivity index (χ1) is 18.7. The van der Waals surface area contributed by atoms with Crippen LogP contribution in [-0.4, -0.2) is 51.4 Å². The maximum absolute atomic E-state index is 13.9. The number of carbonyl (C=O) groups excluding carboxylic acids is 2. The molecule has 3 aromatic rings. The third kappa shape index (κ3) is 7.74. The molecule has 0 bridgehead atoms. The van der Waals surface area contributed by atoms with Crippen molar-refractivity contribution >= 4 is 39.1 Å². The van der Waals surface area contributed by atoms with Gasteiger partial charge in [-0.25, -0.2) is 8.42 Å².